The van der Waals surface area contributed by atoms with Crippen molar-refractivity contribution in [3.05, 3.63) is 29.6 Å². The molecule has 0 radical (unpaired) electrons. The Bertz CT molecular complexity index is 432. The lowest BCUT2D eigenvalue weighted by Crippen LogP contribution is -2.46. The number of hydrogen-bond acceptors (Lipinski definition) is 3. The van der Waals surface area contributed by atoms with Crippen LogP contribution in [0.4, 0.5) is 13.2 Å². The minimum absolute atomic E-state index is 0.176. The third-order valence-corrected chi connectivity index (χ3v) is 3.88. The van der Waals surface area contributed by atoms with Crippen molar-refractivity contribution in [1.82, 2.24) is 9.71 Å². The molecular weight excluding hydrogens is 277 g/mol. The summed E-state index contributed by atoms with van der Waals surface area (Å²) in [4.78, 5) is 3.86. The average molecular weight is 294 g/mol. The zero-order chi connectivity index (χ0) is 14.8. The highest BCUT2D eigenvalue weighted by molar-refractivity contribution is 7.90. The summed E-state index contributed by atoms with van der Waals surface area (Å²) in [5.41, 5.74) is 0.306. The lowest BCUT2D eigenvalue weighted by atomic mass is 10.2. The first-order valence-corrected chi connectivity index (χ1v) is 6.85. The second-order valence-corrected chi connectivity index (χ2v) is 7.18. The number of nitrogens with one attached hydrogen (secondary N) is 1. The van der Waals surface area contributed by atoms with Crippen molar-refractivity contribution in [2.24, 2.45) is 0 Å². The third-order valence-electron chi connectivity index (χ3n) is 2.31. The number of alkyl halides is 3. The first-order chi connectivity index (χ1) is 8.51. The maximum Gasteiger partial charge on any atom is 0.413 e. The van der Waals surface area contributed by atoms with Gasteiger partial charge in [-0.15, -0.1) is 4.72 Å². The molecule has 0 fully saturated rings. The van der Waals surface area contributed by atoms with Crippen LogP contribution < -0.4 is 4.72 Å². The maximum atomic E-state index is 13.0. The Morgan fingerprint density at radius 2 is 1.84 bits per heavy atom. The van der Waals surface area contributed by atoms with Crippen LogP contribution in [0, 0.1) is 6.92 Å². The van der Waals surface area contributed by atoms with Crippen molar-refractivity contribution in [3.63, 3.8) is 0 Å². The fraction of sp³-hybridized carbons (Fsp3) is 0.583. The first kappa shape index (κ1) is 16.3. The van der Waals surface area contributed by atoms with Gasteiger partial charge in [0.15, 0.2) is 6.04 Å². The molecule has 108 valence electrons. The van der Waals surface area contributed by atoms with E-state index in [0.717, 1.165) is 0 Å². The van der Waals surface area contributed by atoms with E-state index in [1.54, 1.807) is 33.8 Å². The Hall–Kier alpha value is -0.790. The lowest BCUT2D eigenvalue weighted by Gasteiger charge is -2.28. The van der Waals surface area contributed by atoms with Gasteiger partial charge in [-0.25, -0.2) is 0 Å². The molecule has 0 spiro atoms. The van der Waals surface area contributed by atoms with Crippen molar-refractivity contribution in [1.29, 1.82) is 0 Å². The summed E-state index contributed by atoms with van der Waals surface area (Å²) < 4.78 is 52.3. The highest BCUT2D eigenvalue weighted by atomic mass is 32.2. The fourth-order valence-corrected chi connectivity index (χ4v) is 2.13. The molecule has 1 heterocycles. The smallest absolute Gasteiger partial charge is 0.413 e. The molecule has 0 saturated heterocycles. The summed E-state index contributed by atoms with van der Waals surface area (Å²) in [7, 11) is 0. The Labute approximate surface area is 113 Å². The van der Waals surface area contributed by atoms with Crippen LogP contribution in [0.1, 0.15) is 38.2 Å². The minimum Gasteiger partial charge on any atom is -0.598 e. The third kappa shape index (κ3) is 4.67. The maximum absolute atomic E-state index is 13.0. The van der Waals surface area contributed by atoms with E-state index in [-0.39, 0.29) is 5.69 Å². The van der Waals surface area contributed by atoms with Crippen molar-refractivity contribution >= 4 is 11.4 Å². The van der Waals surface area contributed by atoms with Crippen molar-refractivity contribution in [2.45, 2.75) is 44.7 Å². The van der Waals surface area contributed by atoms with Crippen LogP contribution in [-0.4, -0.2) is 20.5 Å². The lowest BCUT2D eigenvalue weighted by molar-refractivity contribution is -0.153. The molecule has 2 unspecified atom stereocenters. The molecule has 7 heteroatoms. The molecule has 0 aliphatic heterocycles. The molecule has 0 aliphatic rings. The molecular formula is C12H17F3N2OS. The van der Waals surface area contributed by atoms with E-state index in [2.05, 4.69) is 9.71 Å². The second-order valence-electron chi connectivity index (χ2n) is 5.18. The number of aromatic nitrogens is 1. The predicted molar refractivity (Wildman–Crippen MR) is 68.8 cm³/mol. The SMILES string of the molecule is Cc1cccc(C(N[S+]([O-])C(C)(C)C)C(F)(F)F)n1. The van der Waals surface area contributed by atoms with Gasteiger partial charge in [0, 0.05) is 17.1 Å². The van der Waals surface area contributed by atoms with Gasteiger partial charge < -0.3 is 4.55 Å². The minimum atomic E-state index is -4.55. The monoisotopic (exact) mass is 294 g/mol. The summed E-state index contributed by atoms with van der Waals surface area (Å²) in [5, 5.41) is 0. The predicted octanol–water partition coefficient (Wildman–Crippen LogP) is 3.05. The van der Waals surface area contributed by atoms with Crippen LogP contribution in [0.3, 0.4) is 0 Å². The molecule has 0 aliphatic carbocycles. The summed E-state index contributed by atoms with van der Waals surface area (Å²) in [6.45, 7) is 6.42. The molecule has 2 atom stereocenters. The van der Waals surface area contributed by atoms with E-state index < -0.39 is 28.3 Å². The van der Waals surface area contributed by atoms with Gasteiger partial charge in [-0.3, -0.25) is 4.98 Å². The Kier molecular flexibility index (Phi) is 4.86. The summed E-state index contributed by atoms with van der Waals surface area (Å²) in [5.74, 6) is 0. The zero-order valence-corrected chi connectivity index (χ0v) is 12.0. The van der Waals surface area contributed by atoms with Gasteiger partial charge in [-0.1, -0.05) is 6.07 Å². The molecule has 0 aromatic carbocycles. The van der Waals surface area contributed by atoms with E-state index in [4.69, 9.17) is 0 Å². The second kappa shape index (κ2) is 5.68. The van der Waals surface area contributed by atoms with Gasteiger partial charge in [0.2, 0.25) is 0 Å². The van der Waals surface area contributed by atoms with Crippen molar-refractivity contribution in [2.75, 3.05) is 0 Å². The van der Waals surface area contributed by atoms with Gasteiger partial charge >= 0.3 is 6.18 Å². The molecule has 1 aromatic rings. The molecule has 3 nitrogen and oxygen atoms in total. The number of nitrogens with zero attached hydrogens (tertiary/aromatic N) is 1. The van der Waals surface area contributed by atoms with E-state index in [9.17, 15) is 17.7 Å². The quantitative estimate of drug-likeness (QED) is 0.872. The number of pyridine rings is 1. The number of rotatable bonds is 3. The topological polar surface area (TPSA) is 48.0 Å². The Morgan fingerprint density at radius 3 is 2.26 bits per heavy atom. The highest BCUT2D eigenvalue weighted by Crippen LogP contribution is 2.33. The molecule has 19 heavy (non-hydrogen) atoms. The molecule has 1 rings (SSSR count). The summed E-state index contributed by atoms with van der Waals surface area (Å²) in [6.07, 6.45) is -4.55. The normalized spacial score (nSPS) is 16.2. The van der Waals surface area contributed by atoms with Crippen LogP contribution >= 0.6 is 0 Å². The van der Waals surface area contributed by atoms with Crippen molar-refractivity contribution < 1.29 is 17.7 Å². The molecule has 1 N–H and O–H groups in total. The Morgan fingerprint density at radius 1 is 1.26 bits per heavy atom. The van der Waals surface area contributed by atoms with Crippen LogP contribution in [0.2, 0.25) is 0 Å². The molecule has 0 amide bonds. The molecule has 0 bridgehead atoms. The van der Waals surface area contributed by atoms with Gasteiger partial charge in [0.1, 0.15) is 4.75 Å². The van der Waals surface area contributed by atoms with E-state index in [0.29, 0.717) is 5.69 Å². The van der Waals surface area contributed by atoms with Gasteiger partial charge in [-0.05, 0) is 39.8 Å². The zero-order valence-electron chi connectivity index (χ0n) is 11.2. The van der Waals surface area contributed by atoms with Crippen molar-refractivity contribution in [3.8, 4) is 0 Å². The summed E-state index contributed by atoms with van der Waals surface area (Å²) >= 11 is -1.83. The standard InChI is InChI=1S/C12H17F3N2OS/c1-8-6-5-7-9(16-8)10(12(13,14)15)17-19(18)11(2,3)4/h5-7,10,17H,1-4H3. The van der Waals surface area contributed by atoms with Crippen LogP contribution in [0.25, 0.3) is 0 Å². The van der Waals surface area contributed by atoms with E-state index in [1.807, 2.05) is 0 Å². The number of aryl methyl sites for hydroxylation is 1. The van der Waals surface area contributed by atoms with Gasteiger partial charge in [0.05, 0.1) is 5.69 Å². The largest absolute Gasteiger partial charge is 0.598 e. The first-order valence-electron chi connectivity index (χ1n) is 5.70. The average Bonchev–Trinajstić information content (AvgIpc) is 2.22. The highest BCUT2D eigenvalue weighted by Gasteiger charge is 2.46. The van der Waals surface area contributed by atoms with Gasteiger partial charge in [0.25, 0.3) is 0 Å². The number of halogens is 3. The van der Waals surface area contributed by atoms with E-state index >= 15 is 0 Å². The fourth-order valence-electron chi connectivity index (χ4n) is 1.30. The van der Waals surface area contributed by atoms with E-state index in [1.165, 1.54) is 12.1 Å². The summed E-state index contributed by atoms with van der Waals surface area (Å²) in [6, 6.07) is 2.35. The van der Waals surface area contributed by atoms with Crippen LogP contribution in [-0.2, 0) is 11.4 Å². The van der Waals surface area contributed by atoms with Crippen LogP contribution in [0.5, 0.6) is 0 Å². The van der Waals surface area contributed by atoms with Crippen LogP contribution in [0.15, 0.2) is 18.2 Å². The molecule has 0 saturated carbocycles. The molecule has 1 aromatic heterocycles. The van der Waals surface area contributed by atoms with Gasteiger partial charge in [-0.2, -0.15) is 13.2 Å². The number of hydrogen-bond donors (Lipinski definition) is 1. The Balaban J connectivity index is 3.04.